The summed E-state index contributed by atoms with van der Waals surface area (Å²) in [6.45, 7) is 1.87. The van der Waals surface area contributed by atoms with E-state index >= 15 is 0 Å². The third-order valence-corrected chi connectivity index (χ3v) is 4.42. The first-order valence-corrected chi connectivity index (χ1v) is 14.6. The summed E-state index contributed by atoms with van der Waals surface area (Å²) in [6.07, 6.45) is 3.34. The molecule has 34 heavy (non-hydrogen) atoms. The first-order valence-electron chi connectivity index (χ1n) is 10.3. The van der Waals surface area contributed by atoms with Crippen molar-refractivity contribution in [3.05, 3.63) is 120 Å². The van der Waals surface area contributed by atoms with Gasteiger partial charge in [0.05, 0.1) is 11.4 Å². The van der Waals surface area contributed by atoms with Crippen LogP contribution in [0.1, 0.15) is 16.7 Å². The quantitative estimate of drug-likeness (QED) is 0.209. The van der Waals surface area contributed by atoms with Crippen LogP contribution < -0.4 is 0 Å². The molecule has 0 fully saturated rings. The van der Waals surface area contributed by atoms with Crippen molar-refractivity contribution < 1.29 is 27.2 Å². The van der Waals surface area contributed by atoms with E-state index < -0.39 is 17.0 Å². The van der Waals surface area contributed by atoms with E-state index in [0.29, 0.717) is 5.75 Å². The van der Waals surface area contributed by atoms with Gasteiger partial charge >= 0.3 is 35.6 Å². The number of aliphatic imine (C=N–C) groups is 2. The normalized spacial score (nSPS) is 10.2. The van der Waals surface area contributed by atoms with Crippen molar-refractivity contribution in [2.75, 3.05) is 0 Å². The summed E-state index contributed by atoms with van der Waals surface area (Å²) in [5, 5.41) is 19.3. The molecule has 0 atom stereocenters. The fourth-order valence-electron chi connectivity index (χ4n) is 2.70. The van der Waals surface area contributed by atoms with Crippen molar-refractivity contribution in [2.45, 2.75) is 6.92 Å². The molecule has 2 N–H and O–H groups in total. The van der Waals surface area contributed by atoms with Crippen LogP contribution in [-0.4, -0.2) is 22.6 Å². The van der Waals surface area contributed by atoms with Gasteiger partial charge in [-0.1, -0.05) is 60.7 Å². The Morgan fingerprint density at radius 1 is 0.618 bits per heavy atom. The van der Waals surface area contributed by atoms with Crippen LogP contribution >= 0.6 is 18.6 Å². The number of nitrogens with zero attached hydrogens (tertiary/aromatic N) is 2. The number of hydrogen-bond donors (Lipinski definition) is 2. The number of phenols is 2. The maximum atomic E-state index is 9.78. The third kappa shape index (κ3) is 9.94. The van der Waals surface area contributed by atoms with Gasteiger partial charge in [0.25, 0.3) is 0 Å². The molecule has 4 nitrogen and oxygen atoms in total. The first kappa shape index (κ1) is 27.4. The van der Waals surface area contributed by atoms with Gasteiger partial charge in [0.2, 0.25) is 0 Å². The standard InChI is InChI=1S/C14H13NO.C13H11NO.2ClH.Ti/c1-11-6-5-7-12(14(11)16)10-15-13-8-3-2-4-9-13;15-13-9-5-4-6-11(13)10-14-12-7-2-1-3-8-12;;;/h2-10,16H,1H3;1-10,15H;2*1H;/q;;;;+2/p-2. The molecule has 0 radical (unpaired) electrons. The molecule has 0 aliphatic heterocycles. The van der Waals surface area contributed by atoms with Crippen molar-refractivity contribution in [2.24, 2.45) is 9.98 Å². The number of hydrogen-bond acceptors (Lipinski definition) is 4. The maximum absolute atomic E-state index is 9.78. The Morgan fingerprint density at radius 2 is 1.06 bits per heavy atom. The molecule has 4 rings (SSSR count). The van der Waals surface area contributed by atoms with E-state index in [1.807, 2.05) is 97.9 Å². The fourth-order valence-corrected chi connectivity index (χ4v) is 2.70. The van der Waals surface area contributed by atoms with Crippen molar-refractivity contribution in [1.82, 2.24) is 0 Å². The monoisotopic (exact) mass is 526 g/mol. The van der Waals surface area contributed by atoms with Gasteiger partial charge in [-0.2, -0.15) is 0 Å². The van der Waals surface area contributed by atoms with Gasteiger partial charge in [0.1, 0.15) is 11.5 Å². The van der Waals surface area contributed by atoms with Gasteiger partial charge in [0, 0.05) is 23.6 Å². The molecule has 0 heterocycles. The molecule has 0 spiro atoms. The Morgan fingerprint density at radius 3 is 1.59 bits per heavy atom. The number of benzene rings is 4. The second-order valence-corrected chi connectivity index (χ2v) is 9.41. The predicted molar refractivity (Wildman–Crippen MR) is 140 cm³/mol. The van der Waals surface area contributed by atoms with E-state index in [1.54, 1.807) is 24.6 Å². The van der Waals surface area contributed by atoms with Gasteiger partial charge in [-0.05, 0) is 55.0 Å². The van der Waals surface area contributed by atoms with E-state index in [0.717, 1.165) is 28.1 Å². The molecule has 4 aromatic carbocycles. The first-order chi connectivity index (χ1) is 16.5. The number of aryl methyl sites for hydroxylation is 1. The predicted octanol–water partition coefficient (Wildman–Crippen LogP) is 7.97. The summed E-state index contributed by atoms with van der Waals surface area (Å²) in [7, 11) is 9.78. The average molecular weight is 527 g/mol. The molecule has 0 aliphatic carbocycles. The third-order valence-electron chi connectivity index (χ3n) is 4.42. The number of para-hydroxylation sites is 4. The summed E-state index contributed by atoms with van der Waals surface area (Å²) in [4.78, 5) is 8.55. The second kappa shape index (κ2) is 15.9. The number of phenolic OH excluding ortho intramolecular Hbond substituents is 2. The topological polar surface area (TPSA) is 65.2 Å². The Bertz CT molecular complexity index is 1190. The van der Waals surface area contributed by atoms with E-state index in [9.17, 15) is 10.2 Å². The summed E-state index contributed by atoms with van der Waals surface area (Å²) in [5.74, 6) is 0.541. The molecule has 0 amide bonds. The minimum atomic E-state index is -0.556. The average Bonchev–Trinajstić information content (AvgIpc) is 2.87. The van der Waals surface area contributed by atoms with Gasteiger partial charge in [-0.3, -0.25) is 9.98 Å². The van der Waals surface area contributed by atoms with Gasteiger partial charge in [-0.25, -0.2) is 0 Å². The zero-order valence-electron chi connectivity index (χ0n) is 18.5. The molecule has 0 aromatic heterocycles. The molecular weight excluding hydrogens is 503 g/mol. The van der Waals surface area contributed by atoms with Crippen LogP contribution in [0.5, 0.6) is 11.5 Å². The van der Waals surface area contributed by atoms with E-state index in [-0.39, 0.29) is 5.75 Å². The molecule has 172 valence electrons. The molecule has 0 bridgehead atoms. The number of rotatable bonds is 4. The van der Waals surface area contributed by atoms with Crippen LogP contribution in [0.15, 0.2) is 113 Å². The van der Waals surface area contributed by atoms with Crippen LogP contribution in [0, 0.1) is 6.92 Å². The van der Waals surface area contributed by atoms with Gasteiger partial charge < -0.3 is 10.2 Å². The molecule has 7 heteroatoms. The summed E-state index contributed by atoms with van der Waals surface area (Å²) in [5.41, 5.74) is 4.08. The van der Waals surface area contributed by atoms with E-state index in [1.165, 1.54) is 0 Å². The Hall–Kier alpha value is -2.89. The zero-order valence-corrected chi connectivity index (χ0v) is 21.6. The van der Waals surface area contributed by atoms with Crippen molar-refractivity contribution >= 4 is 42.4 Å². The molecule has 0 saturated carbocycles. The Balaban J connectivity index is 0.000000216. The Kier molecular flexibility index (Phi) is 12.8. The van der Waals surface area contributed by atoms with Crippen LogP contribution in [-0.2, 0) is 17.0 Å². The second-order valence-electron chi connectivity index (χ2n) is 6.83. The molecule has 0 aliphatic rings. The van der Waals surface area contributed by atoms with E-state index in [4.69, 9.17) is 18.6 Å². The van der Waals surface area contributed by atoms with Crippen molar-refractivity contribution in [1.29, 1.82) is 0 Å². The summed E-state index contributed by atoms with van der Waals surface area (Å²) in [6, 6.07) is 32.0. The SMILES string of the molecule is Cc1cccc(C=Nc2ccccc2)c1O.Oc1ccccc1C=Nc1ccccc1.[Cl][Ti][Cl]. The number of halogens is 2. The molecule has 0 unspecified atom stereocenters. The van der Waals surface area contributed by atoms with E-state index in [2.05, 4.69) is 9.98 Å². The molecule has 4 aromatic rings. The van der Waals surface area contributed by atoms with Crippen LogP contribution in [0.2, 0.25) is 0 Å². The van der Waals surface area contributed by atoms with Gasteiger partial charge in [0.15, 0.2) is 0 Å². The summed E-state index contributed by atoms with van der Waals surface area (Å²) < 4.78 is 0. The fraction of sp³-hybridized carbons (Fsp3) is 0.0370. The Labute approximate surface area is 217 Å². The summed E-state index contributed by atoms with van der Waals surface area (Å²) >= 11 is -0.556. The van der Waals surface area contributed by atoms with Crippen molar-refractivity contribution in [3.63, 3.8) is 0 Å². The van der Waals surface area contributed by atoms with Crippen molar-refractivity contribution in [3.8, 4) is 11.5 Å². The minimum absolute atomic E-state index is 0.247. The number of aromatic hydroxyl groups is 2. The van der Waals surface area contributed by atoms with Gasteiger partial charge in [-0.15, -0.1) is 0 Å². The van der Waals surface area contributed by atoms with Crippen LogP contribution in [0.3, 0.4) is 0 Å². The van der Waals surface area contributed by atoms with Crippen LogP contribution in [0.4, 0.5) is 11.4 Å². The molecular formula is C27H24Cl2N2O2Ti. The molecule has 0 saturated heterocycles. The zero-order chi connectivity index (χ0) is 24.6. The van der Waals surface area contributed by atoms with Crippen LogP contribution in [0.25, 0.3) is 0 Å².